The molecule has 4 heteroatoms. The minimum absolute atomic E-state index is 0.0448. The van der Waals surface area contributed by atoms with E-state index in [4.69, 9.17) is 5.11 Å². The molecule has 1 saturated carbocycles. The standard InChI is InChI=1S/C12H15NO3/c1-9-3-2-4-10(14)13(9)8-12(5-6-12)7-11(15)16/h2-4H,5-8H2,1H3,(H,15,16). The number of rotatable bonds is 4. The zero-order valence-corrected chi connectivity index (χ0v) is 9.27. The first-order chi connectivity index (χ1) is 7.52. The van der Waals surface area contributed by atoms with Crippen LogP contribution >= 0.6 is 0 Å². The van der Waals surface area contributed by atoms with E-state index in [0.717, 1.165) is 18.5 Å². The average molecular weight is 221 g/mol. The monoisotopic (exact) mass is 221 g/mol. The zero-order valence-electron chi connectivity index (χ0n) is 9.27. The van der Waals surface area contributed by atoms with Gasteiger partial charge in [0.25, 0.3) is 5.56 Å². The molecule has 0 aromatic carbocycles. The molecule has 0 saturated heterocycles. The molecule has 1 aromatic rings. The zero-order chi connectivity index (χ0) is 11.8. The quantitative estimate of drug-likeness (QED) is 0.836. The van der Waals surface area contributed by atoms with Gasteiger partial charge in [0.05, 0.1) is 6.42 Å². The lowest BCUT2D eigenvalue weighted by Crippen LogP contribution is -2.27. The Balaban J connectivity index is 2.21. The second kappa shape index (κ2) is 3.77. The van der Waals surface area contributed by atoms with Crippen molar-refractivity contribution in [2.75, 3.05) is 0 Å². The van der Waals surface area contributed by atoms with Crippen molar-refractivity contribution < 1.29 is 9.90 Å². The third-order valence-corrected chi connectivity index (χ3v) is 3.24. The van der Waals surface area contributed by atoms with Crippen LogP contribution in [0.4, 0.5) is 0 Å². The molecule has 1 aliphatic rings. The van der Waals surface area contributed by atoms with Crippen LogP contribution in [0, 0.1) is 12.3 Å². The van der Waals surface area contributed by atoms with E-state index in [1.54, 1.807) is 10.6 Å². The van der Waals surface area contributed by atoms with E-state index in [0.29, 0.717) is 6.54 Å². The van der Waals surface area contributed by atoms with Crippen LogP contribution in [0.25, 0.3) is 0 Å². The fourth-order valence-electron chi connectivity index (χ4n) is 2.05. The summed E-state index contributed by atoms with van der Waals surface area (Å²) in [5, 5.41) is 8.82. The van der Waals surface area contributed by atoms with Gasteiger partial charge in [-0.25, -0.2) is 0 Å². The summed E-state index contributed by atoms with van der Waals surface area (Å²) in [4.78, 5) is 22.4. The van der Waals surface area contributed by atoms with Crippen molar-refractivity contribution in [1.29, 1.82) is 0 Å². The maximum absolute atomic E-state index is 11.6. The smallest absolute Gasteiger partial charge is 0.303 e. The molecule has 1 heterocycles. The van der Waals surface area contributed by atoms with Crippen LogP contribution in [0.3, 0.4) is 0 Å². The number of aromatic nitrogens is 1. The Hall–Kier alpha value is -1.58. The van der Waals surface area contributed by atoms with Crippen molar-refractivity contribution >= 4 is 5.97 Å². The maximum atomic E-state index is 11.6. The van der Waals surface area contributed by atoms with Gasteiger partial charge >= 0.3 is 5.97 Å². The third-order valence-electron chi connectivity index (χ3n) is 3.24. The Morgan fingerprint density at radius 1 is 1.50 bits per heavy atom. The lowest BCUT2D eigenvalue weighted by Gasteiger charge is -2.16. The molecular formula is C12H15NO3. The van der Waals surface area contributed by atoms with Crippen molar-refractivity contribution in [3.05, 3.63) is 34.2 Å². The van der Waals surface area contributed by atoms with Crippen molar-refractivity contribution in [1.82, 2.24) is 4.57 Å². The Labute approximate surface area is 93.5 Å². The molecule has 16 heavy (non-hydrogen) atoms. The number of hydrogen-bond donors (Lipinski definition) is 1. The molecule has 1 N–H and O–H groups in total. The van der Waals surface area contributed by atoms with Crippen LogP contribution in [0.5, 0.6) is 0 Å². The second-order valence-electron chi connectivity index (χ2n) is 4.66. The largest absolute Gasteiger partial charge is 0.481 e. The number of aryl methyl sites for hydroxylation is 1. The Kier molecular flexibility index (Phi) is 2.58. The summed E-state index contributed by atoms with van der Waals surface area (Å²) >= 11 is 0. The van der Waals surface area contributed by atoms with Crippen molar-refractivity contribution in [2.24, 2.45) is 5.41 Å². The van der Waals surface area contributed by atoms with Gasteiger partial charge in [0.15, 0.2) is 0 Å². The SMILES string of the molecule is Cc1cccc(=O)n1CC1(CC(=O)O)CC1. The molecule has 0 atom stereocenters. The minimum Gasteiger partial charge on any atom is -0.481 e. The highest BCUT2D eigenvalue weighted by molar-refractivity contribution is 5.68. The minimum atomic E-state index is -0.779. The first kappa shape index (κ1) is 10.9. The Bertz CT molecular complexity index is 471. The fourth-order valence-corrected chi connectivity index (χ4v) is 2.05. The first-order valence-corrected chi connectivity index (χ1v) is 5.41. The number of carbonyl (C=O) groups is 1. The molecule has 1 aromatic heterocycles. The van der Waals surface area contributed by atoms with Crippen LogP contribution in [0.2, 0.25) is 0 Å². The third kappa shape index (κ3) is 2.15. The molecule has 1 fully saturated rings. The van der Waals surface area contributed by atoms with Crippen LogP contribution in [-0.2, 0) is 11.3 Å². The Morgan fingerprint density at radius 2 is 2.19 bits per heavy atom. The first-order valence-electron chi connectivity index (χ1n) is 5.41. The predicted molar refractivity (Wildman–Crippen MR) is 59.4 cm³/mol. The van der Waals surface area contributed by atoms with E-state index >= 15 is 0 Å². The molecule has 4 nitrogen and oxygen atoms in total. The van der Waals surface area contributed by atoms with Gasteiger partial charge in [0.2, 0.25) is 0 Å². The van der Waals surface area contributed by atoms with Gasteiger partial charge in [-0.15, -0.1) is 0 Å². The molecule has 1 aliphatic carbocycles. The molecule has 2 rings (SSSR count). The van der Waals surface area contributed by atoms with Gasteiger partial charge in [0, 0.05) is 18.3 Å². The number of pyridine rings is 1. The summed E-state index contributed by atoms with van der Waals surface area (Å²) in [5.74, 6) is -0.779. The second-order valence-corrected chi connectivity index (χ2v) is 4.66. The average Bonchev–Trinajstić information content (AvgIpc) is 2.91. The lowest BCUT2D eigenvalue weighted by atomic mass is 10.0. The molecule has 0 bridgehead atoms. The molecule has 0 aliphatic heterocycles. The van der Waals surface area contributed by atoms with Crippen LogP contribution < -0.4 is 5.56 Å². The molecule has 0 unspecified atom stereocenters. The van der Waals surface area contributed by atoms with Crippen LogP contribution in [0.15, 0.2) is 23.0 Å². The summed E-state index contributed by atoms with van der Waals surface area (Å²) in [5.41, 5.74) is 0.669. The fraction of sp³-hybridized carbons (Fsp3) is 0.500. The van der Waals surface area contributed by atoms with Crippen molar-refractivity contribution in [2.45, 2.75) is 32.7 Å². The molecule has 86 valence electrons. The van der Waals surface area contributed by atoms with E-state index in [9.17, 15) is 9.59 Å². The summed E-state index contributed by atoms with van der Waals surface area (Å²) in [6.45, 7) is 2.41. The predicted octanol–water partition coefficient (Wildman–Crippen LogP) is 1.41. The molecule has 0 radical (unpaired) electrons. The van der Waals surface area contributed by atoms with Gasteiger partial charge in [-0.2, -0.15) is 0 Å². The maximum Gasteiger partial charge on any atom is 0.303 e. The topological polar surface area (TPSA) is 59.3 Å². The van der Waals surface area contributed by atoms with Gasteiger partial charge in [-0.05, 0) is 31.2 Å². The van der Waals surface area contributed by atoms with E-state index in [1.807, 2.05) is 13.0 Å². The molecule has 0 spiro atoms. The molecule has 0 amide bonds. The van der Waals surface area contributed by atoms with E-state index < -0.39 is 5.97 Å². The lowest BCUT2D eigenvalue weighted by molar-refractivity contribution is -0.138. The van der Waals surface area contributed by atoms with Crippen LogP contribution in [0.1, 0.15) is 25.0 Å². The van der Waals surface area contributed by atoms with Gasteiger partial charge in [-0.1, -0.05) is 6.07 Å². The highest BCUT2D eigenvalue weighted by Gasteiger charge is 2.44. The van der Waals surface area contributed by atoms with Crippen molar-refractivity contribution in [3.63, 3.8) is 0 Å². The number of hydrogen-bond acceptors (Lipinski definition) is 2. The van der Waals surface area contributed by atoms with Gasteiger partial charge < -0.3 is 9.67 Å². The van der Waals surface area contributed by atoms with Gasteiger partial charge in [0.1, 0.15) is 0 Å². The number of carboxylic acids is 1. The number of nitrogens with zero attached hydrogens (tertiary/aromatic N) is 1. The summed E-state index contributed by atoms with van der Waals surface area (Å²) in [6, 6.07) is 5.12. The summed E-state index contributed by atoms with van der Waals surface area (Å²) < 4.78 is 1.68. The highest BCUT2D eigenvalue weighted by Crippen LogP contribution is 2.50. The number of aliphatic carboxylic acids is 1. The number of carboxylic acid groups (broad SMARTS) is 1. The summed E-state index contributed by atoms with van der Waals surface area (Å²) in [7, 11) is 0. The van der Waals surface area contributed by atoms with E-state index in [-0.39, 0.29) is 17.4 Å². The normalized spacial score (nSPS) is 17.1. The van der Waals surface area contributed by atoms with E-state index in [1.165, 1.54) is 6.07 Å². The van der Waals surface area contributed by atoms with Crippen LogP contribution in [-0.4, -0.2) is 15.6 Å². The Morgan fingerprint density at radius 3 is 2.69 bits per heavy atom. The highest BCUT2D eigenvalue weighted by atomic mass is 16.4. The summed E-state index contributed by atoms with van der Waals surface area (Å²) in [6.07, 6.45) is 1.97. The van der Waals surface area contributed by atoms with E-state index in [2.05, 4.69) is 0 Å². The van der Waals surface area contributed by atoms with Gasteiger partial charge in [-0.3, -0.25) is 9.59 Å². The molecular weight excluding hydrogens is 206 g/mol. The van der Waals surface area contributed by atoms with Crippen molar-refractivity contribution in [3.8, 4) is 0 Å².